The van der Waals surface area contributed by atoms with Gasteiger partial charge in [-0.2, -0.15) is 0 Å². The first-order valence-electron chi connectivity index (χ1n) is 7.11. The molecule has 2 aromatic rings. The van der Waals surface area contributed by atoms with Gasteiger partial charge >= 0.3 is 0 Å². The molecular weight excluding hydrogens is 301 g/mol. The number of nitrogens with zero attached hydrogens (tertiary/aromatic N) is 1. The molecule has 0 aliphatic carbocycles. The van der Waals surface area contributed by atoms with Gasteiger partial charge in [0, 0.05) is 30.7 Å². The molecule has 5 heteroatoms. The van der Waals surface area contributed by atoms with Crippen LogP contribution in [0.15, 0.2) is 53.5 Å². The number of aliphatic imine (C=N–C) groups is 1. The molecule has 2 N–H and O–H groups in total. The number of benzene rings is 2. The van der Waals surface area contributed by atoms with Crippen molar-refractivity contribution in [3.05, 3.63) is 70.5 Å². The van der Waals surface area contributed by atoms with Crippen molar-refractivity contribution in [3.8, 4) is 0 Å². The Kier molecular flexibility index (Phi) is 6.22. The van der Waals surface area contributed by atoms with Crippen molar-refractivity contribution in [2.24, 2.45) is 4.99 Å². The van der Waals surface area contributed by atoms with Crippen molar-refractivity contribution in [2.45, 2.75) is 13.0 Å². The molecule has 116 valence electrons. The zero-order chi connectivity index (χ0) is 15.8. The van der Waals surface area contributed by atoms with Crippen LogP contribution in [0.5, 0.6) is 0 Å². The van der Waals surface area contributed by atoms with Gasteiger partial charge in [0.15, 0.2) is 5.96 Å². The predicted octanol–water partition coefficient (Wildman–Crippen LogP) is 3.39. The first-order chi connectivity index (χ1) is 10.7. The van der Waals surface area contributed by atoms with E-state index in [1.54, 1.807) is 19.2 Å². The second-order valence-electron chi connectivity index (χ2n) is 4.82. The van der Waals surface area contributed by atoms with Gasteiger partial charge in [-0.1, -0.05) is 41.9 Å². The summed E-state index contributed by atoms with van der Waals surface area (Å²) in [5, 5.41) is 7.04. The second kappa shape index (κ2) is 8.39. The Balaban J connectivity index is 1.78. The third-order valence-corrected chi connectivity index (χ3v) is 3.50. The van der Waals surface area contributed by atoms with Crippen molar-refractivity contribution >= 4 is 17.6 Å². The summed E-state index contributed by atoms with van der Waals surface area (Å²) in [7, 11) is 1.69. The van der Waals surface area contributed by atoms with Crippen molar-refractivity contribution in [1.29, 1.82) is 0 Å². The van der Waals surface area contributed by atoms with Gasteiger partial charge in [-0.25, -0.2) is 4.39 Å². The van der Waals surface area contributed by atoms with E-state index in [0.29, 0.717) is 18.1 Å². The molecule has 0 aliphatic rings. The second-order valence-corrected chi connectivity index (χ2v) is 5.26. The van der Waals surface area contributed by atoms with Gasteiger partial charge in [0.1, 0.15) is 5.82 Å². The summed E-state index contributed by atoms with van der Waals surface area (Å²) in [4.78, 5) is 4.13. The highest BCUT2D eigenvalue weighted by atomic mass is 35.5. The summed E-state index contributed by atoms with van der Waals surface area (Å²) in [5.74, 6) is 0.434. The monoisotopic (exact) mass is 319 g/mol. The summed E-state index contributed by atoms with van der Waals surface area (Å²) in [5.41, 5.74) is 1.81. The molecule has 2 aromatic carbocycles. The SMILES string of the molecule is CN=C(NCCc1ccc(Cl)cc1)NCc1ccccc1F. The molecule has 0 saturated carbocycles. The minimum atomic E-state index is -0.216. The summed E-state index contributed by atoms with van der Waals surface area (Å²) in [6.07, 6.45) is 0.859. The lowest BCUT2D eigenvalue weighted by molar-refractivity contribution is 0.604. The van der Waals surface area contributed by atoms with E-state index < -0.39 is 0 Å². The Morgan fingerprint density at radius 1 is 1.09 bits per heavy atom. The normalized spacial score (nSPS) is 11.3. The van der Waals surface area contributed by atoms with Gasteiger partial charge in [0.2, 0.25) is 0 Å². The lowest BCUT2D eigenvalue weighted by Gasteiger charge is -2.12. The van der Waals surface area contributed by atoms with Crippen molar-refractivity contribution in [3.63, 3.8) is 0 Å². The maximum absolute atomic E-state index is 13.5. The number of halogens is 2. The van der Waals surface area contributed by atoms with Crippen LogP contribution in [-0.2, 0) is 13.0 Å². The van der Waals surface area contributed by atoms with E-state index in [9.17, 15) is 4.39 Å². The molecule has 0 aliphatic heterocycles. The van der Waals surface area contributed by atoms with Gasteiger partial charge < -0.3 is 10.6 Å². The standard InChI is InChI=1S/C17H19ClFN3/c1-20-17(22-12-14-4-2-3-5-16(14)19)21-11-10-13-6-8-15(18)9-7-13/h2-9H,10-12H2,1H3,(H2,20,21,22). The van der Waals surface area contributed by atoms with Gasteiger partial charge in [0.25, 0.3) is 0 Å². The van der Waals surface area contributed by atoms with Crippen LogP contribution < -0.4 is 10.6 Å². The molecule has 0 spiro atoms. The topological polar surface area (TPSA) is 36.4 Å². The Labute approximate surface area is 135 Å². The Hall–Kier alpha value is -2.07. The van der Waals surface area contributed by atoms with Crippen LogP contribution in [0, 0.1) is 5.82 Å². The number of rotatable bonds is 5. The first-order valence-corrected chi connectivity index (χ1v) is 7.49. The average Bonchev–Trinajstić information content (AvgIpc) is 2.54. The lowest BCUT2D eigenvalue weighted by atomic mass is 10.1. The maximum atomic E-state index is 13.5. The summed E-state index contributed by atoms with van der Waals surface area (Å²) < 4.78 is 13.5. The van der Waals surface area contributed by atoms with Crippen molar-refractivity contribution in [2.75, 3.05) is 13.6 Å². The molecule has 0 radical (unpaired) electrons. The molecule has 22 heavy (non-hydrogen) atoms. The van der Waals surface area contributed by atoms with E-state index in [1.807, 2.05) is 30.3 Å². The Morgan fingerprint density at radius 2 is 1.82 bits per heavy atom. The number of hydrogen-bond donors (Lipinski definition) is 2. The van der Waals surface area contributed by atoms with E-state index in [4.69, 9.17) is 11.6 Å². The highest BCUT2D eigenvalue weighted by Crippen LogP contribution is 2.09. The molecule has 3 nitrogen and oxygen atoms in total. The van der Waals surface area contributed by atoms with Crippen molar-refractivity contribution < 1.29 is 4.39 Å². The van der Waals surface area contributed by atoms with Crippen molar-refractivity contribution in [1.82, 2.24) is 10.6 Å². The summed E-state index contributed by atoms with van der Waals surface area (Å²) in [6, 6.07) is 14.5. The lowest BCUT2D eigenvalue weighted by Crippen LogP contribution is -2.38. The van der Waals surface area contributed by atoms with Crippen LogP contribution in [0.2, 0.25) is 5.02 Å². The fraction of sp³-hybridized carbons (Fsp3) is 0.235. The molecule has 0 amide bonds. The third kappa shape index (κ3) is 5.04. The summed E-state index contributed by atoms with van der Waals surface area (Å²) in [6.45, 7) is 1.13. The molecule has 0 saturated heterocycles. The quantitative estimate of drug-likeness (QED) is 0.654. The fourth-order valence-corrected chi connectivity index (χ4v) is 2.14. The van der Waals surface area contributed by atoms with E-state index >= 15 is 0 Å². The number of nitrogens with one attached hydrogen (secondary N) is 2. The van der Waals surface area contributed by atoms with Crippen LogP contribution in [0.3, 0.4) is 0 Å². The molecule has 2 rings (SSSR count). The van der Waals surface area contributed by atoms with E-state index in [-0.39, 0.29) is 5.82 Å². The molecule has 0 aromatic heterocycles. The first kappa shape index (κ1) is 16.3. The fourth-order valence-electron chi connectivity index (χ4n) is 2.02. The Morgan fingerprint density at radius 3 is 2.50 bits per heavy atom. The highest BCUT2D eigenvalue weighted by molar-refractivity contribution is 6.30. The molecule has 0 fully saturated rings. The van der Waals surface area contributed by atoms with Gasteiger partial charge in [-0.3, -0.25) is 4.99 Å². The van der Waals surface area contributed by atoms with Crippen LogP contribution >= 0.6 is 11.6 Å². The Bertz CT molecular complexity index is 626. The zero-order valence-electron chi connectivity index (χ0n) is 12.4. The van der Waals surface area contributed by atoms with E-state index in [2.05, 4.69) is 15.6 Å². The molecule has 0 atom stereocenters. The number of hydrogen-bond acceptors (Lipinski definition) is 1. The zero-order valence-corrected chi connectivity index (χ0v) is 13.2. The summed E-state index contributed by atoms with van der Waals surface area (Å²) >= 11 is 5.86. The van der Waals surface area contributed by atoms with Crippen LogP contribution in [0.1, 0.15) is 11.1 Å². The van der Waals surface area contributed by atoms with Crippen LogP contribution in [-0.4, -0.2) is 19.6 Å². The van der Waals surface area contributed by atoms with Crippen LogP contribution in [0.25, 0.3) is 0 Å². The largest absolute Gasteiger partial charge is 0.356 e. The molecule has 0 heterocycles. The van der Waals surface area contributed by atoms with E-state index in [0.717, 1.165) is 18.0 Å². The highest BCUT2D eigenvalue weighted by Gasteiger charge is 2.02. The van der Waals surface area contributed by atoms with Gasteiger partial charge in [-0.15, -0.1) is 0 Å². The predicted molar refractivity (Wildman–Crippen MR) is 89.8 cm³/mol. The molecule has 0 bridgehead atoms. The molecular formula is C17H19ClFN3. The average molecular weight is 320 g/mol. The third-order valence-electron chi connectivity index (χ3n) is 3.25. The molecule has 0 unspecified atom stereocenters. The number of guanidine groups is 1. The minimum absolute atomic E-state index is 0.216. The maximum Gasteiger partial charge on any atom is 0.191 e. The van der Waals surface area contributed by atoms with E-state index in [1.165, 1.54) is 11.6 Å². The van der Waals surface area contributed by atoms with Gasteiger partial charge in [0.05, 0.1) is 0 Å². The smallest absolute Gasteiger partial charge is 0.191 e. The van der Waals surface area contributed by atoms with Gasteiger partial charge in [-0.05, 0) is 30.2 Å². The van der Waals surface area contributed by atoms with Crippen LogP contribution in [0.4, 0.5) is 4.39 Å². The minimum Gasteiger partial charge on any atom is -0.356 e.